The maximum Gasteiger partial charge on any atom is 0.226 e. The van der Waals surface area contributed by atoms with Crippen LogP contribution < -0.4 is 10.6 Å². The third-order valence-electron chi connectivity index (χ3n) is 4.63. The van der Waals surface area contributed by atoms with Crippen LogP contribution in [-0.4, -0.2) is 61.0 Å². The van der Waals surface area contributed by atoms with E-state index in [2.05, 4.69) is 28.0 Å². The van der Waals surface area contributed by atoms with Crippen LogP contribution in [0.25, 0.3) is 0 Å². The molecule has 0 radical (unpaired) electrons. The summed E-state index contributed by atoms with van der Waals surface area (Å²) in [6.45, 7) is 5.21. The first-order chi connectivity index (χ1) is 12.3. The van der Waals surface area contributed by atoms with Crippen LogP contribution in [0.1, 0.15) is 12.5 Å². The molecule has 1 fully saturated rings. The van der Waals surface area contributed by atoms with Crippen molar-refractivity contribution < 1.29 is 4.79 Å². The maximum atomic E-state index is 11.8. The van der Waals surface area contributed by atoms with Crippen LogP contribution in [0.2, 0.25) is 0 Å². The number of allylic oxidation sites excluding steroid dienone is 1. The minimum Gasteiger partial charge on any atom is -0.389 e. The molecule has 26 heavy (non-hydrogen) atoms. The highest BCUT2D eigenvalue weighted by molar-refractivity contribution is 7.80. The fourth-order valence-electron chi connectivity index (χ4n) is 2.93. The molecule has 1 saturated heterocycles. The van der Waals surface area contributed by atoms with Crippen molar-refractivity contribution in [2.75, 3.05) is 45.2 Å². The second-order valence-corrected chi connectivity index (χ2v) is 6.98. The molecule has 7 heteroatoms. The monoisotopic (exact) mass is 371 g/mol. The molecule has 1 heterocycles. The molecule has 0 unspecified atom stereocenters. The fourth-order valence-corrected chi connectivity index (χ4v) is 3.12. The number of nitriles is 1. The number of anilines is 1. The quantitative estimate of drug-likeness (QED) is 0.480. The van der Waals surface area contributed by atoms with E-state index >= 15 is 0 Å². The molecular weight excluding hydrogens is 346 g/mol. The van der Waals surface area contributed by atoms with Gasteiger partial charge >= 0.3 is 0 Å². The van der Waals surface area contributed by atoms with Gasteiger partial charge in [-0.05, 0) is 24.6 Å². The molecular formula is C19H25N5OS. The van der Waals surface area contributed by atoms with Crippen LogP contribution in [0.4, 0.5) is 5.69 Å². The van der Waals surface area contributed by atoms with Gasteiger partial charge in [0.2, 0.25) is 5.91 Å². The van der Waals surface area contributed by atoms with Crippen molar-refractivity contribution in [3.8, 4) is 6.07 Å². The molecule has 1 aromatic carbocycles. The van der Waals surface area contributed by atoms with Crippen LogP contribution in [0, 0.1) is 11.3 Å². The number of thiocarbonyl (C=S) groups is 1. The van der Waals surface area contributed by atoms with E-state index < -0.39 is 0 Å². The van der Waals surface area contributed by atoms with Gasteiger partial charge in [-0.2, -0.15) is 5.26 Å². The molecule has 1 amide bonds. The first kappa shape index (κ1) is 19.7. The van der Waals surface area contributed by atoms with Gasteiger partial charge < -0.3 is 20.4 Å². The summed E-state index contributed by atoms with van der Waals surface area (Å²) < 4.78 is 0. The smallest absolute Gasteiger partial charge is 0.226 e. The van der Waals surface area contributed by atoms with E-state index in [1.54, 1.807) is 19.0 Å². The summed E-state index contributed by atoms with van der Waals surface area (Å²) in [5, 5.41) is 9.21. The van der Waals surface area contributed by atoms with E-state index in [0.717, 1.165) is 43.1 Å². The molecule has 1 aliphatic heterocycles. The largest absolute Gasteiger partial charge is 0.389 e. The number of nitrogens with zero attached hydrogens (tertiary/aromatic N) is 4. The number of nitrogens with two attached hydrogens (primary N) is 1. The number of benzene rings is 1. The fraction of sp³-hybridized carbons (Fsp3) is 0.421. The van der Waals surface area contributed by atoms with E-state index in [-0.39, 0.29) is 10.9 Å². The molecule has 0 bridgehead atoms. The van der Waals surface area contributed by atoms with Gasteiger partial charge in [0.1, 0.15) is 16.6 Å². The van der Waals surface area contributed by atoms with Crippen LogP contribution in [0.5, 0.6) is 0 Å². The Morgan fingerprint density at radius 1 is 1.23 bits per heavy atom. The number of rotatable bonds is 5. The van der Waals surface area contributed by atoms with Gasteiger partial charge in [0.15, 0.2) is 0 Å². The Morgan fingerprint density at radius 2 is 1.81 bits per heavy atom. The van der Waals surface area contributed by atoms with Crippen molar-refractivity contribution in [2.24, 2.45) is 5.73 Å². The molecule has 0 atom stereocenters. The second kappa shape index (κ2) is 8.68. The lowest BCUT2D eigenvalue weighted by atomic mass is 10.1. The number of hydrogen-bond donors (Lipinski definition) is 1. The topological polar surface area (TPSA) is 76.6 Å². The number of piperazine rings is 1. The lowest BCUT2D eigenvalue weighted by molar-refractivity contribution is -0.127. The maximum absolute atomic E-state index is 11.8. The van der Waals surface area contributed by atoms with Gasteiger partial charge in [0.25, 0.3) is 0 Å². The van der Waals surface area contributed by atoms with Gasteiger partial charge in [0.05, 0.1) is 6.42 Å². The molecule has 0 saturated carbocycles. The summed E-state index contributed by atoms with van der Waals surface area (Å²) in [6.07, 6.45) is 0.418. The molecule has 0 aliphatic carbocycles. The van der Waals surface area contributed by atoms with E-state index in [1.807, 2.05) is 19.1 Å². The molecule has 1 aromatic rings. The number of likely N-dealkylation sites (N-methyl/N-ethyl adjacent to an activating group) is 1. The summed E-state index contributed by atoms with van der Waals surface area (Å²) >= 11 is 4.95. The standard InChI is InChI=1S/C19H25N5OS/c1-14(17(13-20)19(21)26)23-8-10-24(11-9-23)16-6-4-15(5-7-16)12-18(25)22(2)3/h4-7H,8-12H2,1-3H3,(H2,21,26)/b17-14-. The Morgan fingerprint density at radius 3 is 2.27 bits per heavy atom. The third kappa shape index (κ3) is 4.73. The summed E-state index contributed by atoms with van der Waals surface area (Å²) in [6, 6.07) is 10.2. The highest BCUT2D eigenvalue weighted by Crippen LogP contribution is 2.20. The normalized spacial score (nSPS) is 15.2. The van der Waals surface area contributed by atoms with Gasteiger partial charge in [-0.25, -0.2) is 0 Å². The van der Waals surface area contributed by atoms with E-state index in [4.69, 9.17) is 18.0 Å². The zero-order valence-electron chi connectivity index (χ0n) is 15.5. The van der Waals surface area contributed by atoms with Gasteiger partial charge in [-0.15, -0.1) is 0 Å². The van der Waals surface area contributed by atoms with E-state index in [1.165, 1.54) is 0 Å². The van der Waals surface area contributed by atoms with E-state index in [0.29, 0.717) is 12.0 Å². The van der Waals surface area contributed by atoms with Crippen molar-refractivity contribution in [3.63, 3.8) is 0 Å². The van der Waals surface area contributed by atoms with Crippen molar-refractivity contribution in [3.05, 3.63) is 41.1 Å². The minimum absolute atomic E-state index is 0.0970. The molecule has 138 valence electrons. The van der Waals surface area contributed by atoms with Crippen molar-refractivity contribution >= 4 is 28.8 Å². The summed E-state index contributed by atoms with van der Waals surface area (Å²) in [5.74, 6) is 0.0970. The molecule has 0 aromatic heterocycles. The number of carbonyl (C=O) groups is 1. The Balaban J connectivity index is 1.99. The lowest BCUT2D eigenvalue weighted by Gasteiger charge is -2.38. The van der Waals surface area contributed by atoms with Gasteiger partial charge in [-0.3, -0.25) is 4.79 Å². The number of carbonyl (C=O) groups excluding carboxylic acids is 1. The van der Waals surface area contributed by atoms with Crippen molar-refractivity contribution in [1.82, 2.24) is 9.80 Å². The van der Waals surface area contributed by atoms with Gasteiger partial charge in [0, 0.05) is 51.7 Å². The van der Waals surface area contributed by atoms with Crippen LogP contribution in [-0.2, 0) is 11.2 Å². The predicted molar refractivity (Wildman–Crippen MR) is 108 cm³/mol. The first-order valence-corrected chi connectivity index (χ1v) is 8.94. The average Bonchev–Trinajstić information content (AvgIpc) is 2.62. The average molecular weight is 372 g/mol. The number of amides is 1. The van der Waals surface area contributed by atoms with Crippen molar-refractivity contribution in [1.29, 1.82) is 5.26 Å². The molecule has 2 rings (SSSR count). The second-order valence-electron chi connectivity index (χ2n) is 6.54. The summed E-state index contributed by atoms with van der Waals surface area (Å²) in [4.78, 5) is 18.0. The van der Waals surface area contributed by atoms with Crippen LogP contribution in [0.15, 0.2) is 35.5 Å². The zero-order chi connectivity index (χ0) is 19.3. The number of hydrogen-bond acceptors (Lipinski definition) is 5. The summed E-state index contributed by atoms with van der Waals surface area (Å²) in [7, 11) is 3.53. The highest BCUT2D eigenvalue weighted by atomic mass is 32.1. The zero-order valence-corrected chi connectivity index (χ0v) is 16.3. The Kier molecular flexibility index (Phi) is 6.58. The molecule has 1 aliphatic rings. The Hall–Kier alpha value is -2.59. The third-order valence-corrected chi connectivity index (χ3v) is 4.83. The Bertz CT molecular complexity index is 740. The molecule has 0 spiro atoms. The SMILES string of the molecule is C/C(=C(\C#N)C(N)=S)N1CCN(c2ccc(CC(=O)N(C)C)cc2)CC1. The minimum atomic E-state index is 0.0970. The first-order valence-electron chi connectivity index (χ1n) is 8.53. The predicted octanol–water partition coefficient (Wildman–Crippen LogP) is 1.52. The van der Waals surface area contributed by atoms with Crippen LogP contribution in [0.3, 0.4) is 0 Å². The molecule has 2 N–H and O–H groups in total. The lowest BCUT2D eigenvalue weighted by Crippen LogP contribution is -2.46. The van der Waals surface area contributed by atoms with Crippen LogP contribution >= 0.6 is 12.2 Å². The molecule has 6 nitrogen and oxygen atoms in total. The van der Waals surface area contributed by atoms with Crippen molar-refractivity contribution in [2.45, 2.75) is 13.3 Å². The van der Waals surface area contributed by atoms with E-state index in [9.17, 15) is 10.1 Å². The van der Waals surface area contributed by atoms with Gasteiger partial charge in [-0.1, -0.05) is 24.4 Å². The highest BCUT2D eigenvalue weighted by Gasteiger charge is 2.20. The summed E-state index contributed by atoms with van der Waals surface area (Å²) in [5.41, 5.74) is 9.02. The Labute approximate surface area is 160 Å².